The first kappa shape index (κ1) is 11.5. The summed E-state index contributed by atoms with van der Waals surface area (Å²) >= 11 is 0. The summed E-state index contributed by atoms with van der Waals surface area (Å²) < 4.78 is 0. The van der Waals surface area contributed by atoms with Gasteiger partial charge in [0.15, 0.2) is 0 Å². The zero-order valence-corrected chi connectivity index (χ0v) is 9.26. The van der Waals surface area contributed by atoms with E-state index in [0.29, 0.717) is 6.04 Å². The minimum Gasteiger partial charge on any atom is -0.312 e. The fourth-order valence-electron chi connectivity index (χ4n) is 1.97. The number of hydrazine groups is 1. The lowest BCUT2D eigenvalue weighted by Gasteiger charge is -2.08. The molecule has 14 heavy (non-hydrogen) atoms. The van der Waals surface area contributed by atoms with Crippen LogP contribution in [-0.4, -0.2) is 11.9 Å². The van der Waals surface area contributed by atoms with Crippen LogP contribution in [-0.2, 0) is 0 Å². The molecule has 1 rings (SSSR count). The quantitative estimate of drug-likeness (QED) is 0.234. The SMILES string of the molecule is CCCCCC(=NC1CCCC1)NN. The summed E-state index contributed by atoms with van der Waals surface area (Å²) in [5, 5.41) is 0. The highest BCUT2D eigenvalue weighted by Crippen LogP contribution is 2.21. The third kappa shape index (κ3) is 4.09. The molecule has 0 saturated heterocycles. The Bertz CT molecular complexity index is 171. The molecule has 0 bridgehead atoms. The molecule has 0 amide bonds. The molecule has 0 aromatic heterocycles. The normalized spacial score (nSPS) is 18.9. The Kier molecular flexibility index (Phi) is 5.60. The van der Waals surface area contributed by atoms with Crippen LogP contribution in [0.3, 0.4) is 0 Å². The maximum Gasteiger partial charge on any atom is 0.111 e. The number of hydrogen-bond donors (Lipinski definition) is 2. The first-order chi connectivity index (χ1) is 6.86. The summed E-state index contributed by atoms with van der Waals surface area (Å²) in [5.41, 5.74) is 2.74. The van der Waals surface area contributed by atoms with Gasteiger partial charge in [0.1, 0.15) is 5.84 Å². The van der Waals surface area contributed by atoms with Crippen molar-refractivity contribution in [3.63, 3.8) is 0 Å². The second-order valence-electron chi connectivity index (χ2n) is 4.12. The number of nitrogens with one attached hydrogen (secondary N) is 1. The Morgan fingerprint density at radius 3 is 2.64 bits per heavy atom. The van der Waals surface area contributed by atoms with E-state index < -0.39 is 0 Å². The molecule has 3 nitrogen and oxygen atoms in total. The van der Waals surface area contributed by atoms with Crippen LogP contribution in [0.4, 0.5) is 0 Å². The van der Waals surface area contributed by atoms with Crippen LogP contribution in [0, 0.1) is 0 Å². The van der Waals surface area contributed by atoms with Gasteiger partial charge in [0.05, 0.1) is 6.04 Å². The molecule has 0 aliphatic heterocycles. The Morgan fingerprint density at radius 2 is 2.07 bits per heavy atom. The minimum atomic E-state index is 0.544. The van der Waals surface area contributed by atoms with E-state index in [1.807, 2.05) is 0 Å². The molecule has 0 aromatic rings. The van der Waals surface area contributed by atoms with E-state index >= 15 is 0 Å². The summed E-state index contributed by atoms with van der Waals surface area (Å²) in [7, 11) is 0. The molecule has 0 heterocycles. The zero-order chi connectivity index (χ0) is 10.2. The molecule has 82 valence electrons. The largest absolute Gasteiger partial charge is 0.312 e. The van der Waals surface area contributed by atoms with E-state index in [4.69, 9.17) is 5.84 Å². The van der Waals surface area contributed by atoms with Gasteiger partial charge in [0.2, 0.25) is 0 Å². The van der Waals surface area contributed by atoms with Crippen molar-refractivity contribution in [3.05, 3.63) is 0 Å². The van der Waals surface area contributed by atoms with Gasteiger partial charge in [-0.3, -0.25) is 4.99 Å². The predicted molar refractivity (Wildman–Crippen MR) is 61.2 cm³/mol. The molecule has 0 spiro atoms. The van der Waals surface area contributed by atoms with Crippen molar-refractivity contribution in [2.45, 2.75) is 64.3 Å². The first-order valence-corrected chi connectivity index (χ1v) is 5.90. The lowest BCUT2D eigenvalue weighted by Crippen LogP contribution is -2.31. The van der Waals surface area contributed by atoms with Gasteiger partial charge in [-0.05, 0) is 19.3 Å². The summed E-state index contributed by atoms with van der Waals surface area (Å²) in [6.07, 6.45) is 9.90. The first-order valence-electron chi connectivity index (χ1n) is 5.90. The topological polar surface area (TPSA) is 50.4 Å². The molecule has 0 atom stereocenters. The number of hydrogen-bond acceptors (Lipinski definition) is 2. The van der Waals surface area contributed by atoms with Crippen molar-refractivity contribution >= 4 is 5.84 Å². The minimum absolute atomic E-state index is 0.544. The van der Waals surface area contributed by atoms with Crippen molar-refractivity contribution < 1.29 is 0 Å². The highest BCUT2D eigenvalue weighted by Gasteiger charge is 2.14. The fraction of sp³-hybridized carbons (Fsp3) is 0.909. The molecule has 0 radical (unpaired) electrons. The smallest absolute Gasteiger partial charge is 0.111 e. The van der Waals surface area contributed by atoms with Crippen LogP contribution < -0.4 is 11.3 Å². The average Bonchev–Trinajstić information content (AvgIpc) is 2.69. The van der Waals surface area contributed by atoms with E-state index in [2.05, 4.69) is 17.3 Å². The molecule has 1 aliphatic carbocycles. The Hall–Kier alpha value is -0.570. The molecule has 0 aromatic carbocycles. The summed E-state index contributed by atoms with van der Waals surface area (Å²) in [4.78, 5) is 4.65. The second kappa shape index (κ2) is 6.82. The van der Waals surface area contributed by atoms with Gasteiger partial charge in [-0.2, -0.15) is 0 Å². The number of rotatable bonds is 5. The fourth-order valence-corrected chi connectivity index (χ4v) is 1.97. The van der Waals surface area contributed by atoms with Gasteiger partial charge >= 0.3 is 0 Å². The third-order valence-electron chi connectivity index (χ3n) is 2.85. The highest BCUT2D eigenvalue weighted by atomic mass is 15.3. The van der Waals surface area contributed by atoms with Gasteiger partial charge < -0.3 is 5.43 Å². The summed E-state index contributed by atoms with van der Waals surface area (Å²) in [6.45, 7) is 2.21. The van der Waals surface area contributed by atoms with E-state index in [1.54, 1.807) is 0 Å². The number of aliphatic imine (C=N–C) groups is 1. The molecule has 1 fully saturated rings. The average molecular weight is 197 g/mol. The molecule has 3 N–H and O–H groups in total. The van der Waals surface area contributed by atoms with Crippen LogP contribution in [0.5, 0.6) is 0 Å². The predicted octanol–water partition coefficient (Wildman–Crippen LogP) is 2.37. The van der Waals surface area contributed by atoms with Crippen molar-refractivity contribution in [2.24, 2.45) is 10.8 Å². The monoisotopic (exact) mass is 197 g/mol. The van der Waals surface area contributed by atoms with Gasteiger partial charge in [0, 0.05) is 6.42 Å². The second-order valence-corrected chi connectivity index (χ2v) is 4.12. The molecule has 3 heteroatoms. The maximum absolute atomic E-state index is 5.45. The number of unbranched alkanes of at least 4 members (excludes halogenated alkanes) is 2. The lowest BCUT2D eigenvalue weighted by atomic mass is 10.2. The maximum atomic E-state index is 5.45. The van der Waals surface area contributed by atoms with E-state index in [0.717, 1.165) is 12.3 Å². The lowest BCUT2D eigenvalue weighted by molar-refractivity contribution is 0.680. The van der Waals surface area contributed by atoms with Crippen molar-refractivity contribution in [1.29, 1.82) is 0 Å². The van der Waals surface area contributed by atoms with Crippen LogP contribution in [0.1, 0.15) is 58.3 Å². The van der Waals surface area contributed by atoms with Crippen LogP contribution in [0.2, 0.25) is 0 Å². The molecule has 1 saturated carbocycles. The third-order valence-corrected chi connectivity index (χ3v) is 2.85. The van der Waals surface area contributed by atoms with Crippen LogP contribution in [0.25, 0.3) is 0 Å². The van der Waals surface area contributed by atoms with E-state index in [1.165, 1.54) is 44.9 Å². The van der Waals surface area contributed by atoms with Gasteiger partial charge in [-0.15, -0.1) is 0 Å². The van der Waals surface area contributed by atoms with E-state index in [-0.39, 0.29) is 0 Å². The molecule has 1 aliphatic rings. The van der Waals surface area contributed by atoms with Gasteiger partial charge in [0.25, 0.3) is 0 Å². The Morgan fingerprint density at radius 1 is 1.36 bits per heavy atom. The van der Waals surface area contributed by atoms with Crippen molar-refractivity contribution in [1.82, 2.24) is 5.43 Å². The highest BCUT2D eigenvalue weighted by molar-refractivity contribution is 5.81. The number of nitrogens with two attached hydrogens (primary N) is 1. The molecular weight excluding hydrogens is 174 g/mol. The Balaban J connectivity index is 2.27. The van der Waals surface area contributed by atoms with Gasteiger partial charge in [-0.1, -0.05) is 32.6 Å². The summed E-state index contributed by atoms with van der Waals surface area (Å²) in [5.74, 6) is 6.46. The van der Waals surface area contributed by atoms with E-state index in [9.17, 15) is 0 Å². The van der Waals surface area contributed by atoms with Crippen LogP contribution in [0.15, 0.2) is 4.99 Å². The molecular formula is C11H23N3. The van der Waals surface area contributed by atoms with Crippen molar-refractivity contribution in [2.75, 3.05) is 0 Å². The Labute approximate surface area is 87.1 Å². The van der Waals surface area contributed by atoms with Gasteiger partial charge in [-0.25, -0.2) is 5.84 Å². The number of nitrogens with zero attached hydrogens (tertiary/aromatic N) is 1. The van der Waals surface area contributed by atoms with Crippen molar-refractivity contribution in [3.8, 4) is 0 Å². The van der Waals surface area contributed by atoms with Crippen LogP contribution >= 0.6 is 0 Å². The standard InChI is InChI=1S/C11H23N3/c1-2-3-4-9-11(14-12)13-10-7-5-6-8-10/h10H,2-9,12H2,1H3,(H,13,14). The summed E-state index contributed by atoms with van der Waals surface area (Å²) in [6, 6.07) is 0.544. The zero-order valence-electron chi connectivity index (χ0n) is 9.26. The molecule has 0 unspecified atom stereocenters. The number of amidine groups is 1.